The fourth-order valence-corrected chi connectivity index (χ4v) is 2.92. The quantitative estimate of drug-likeness (QED) is 0.831. The molecule has 2 rings (SSSR count). The van der Waals surface area contributed by atoms with Gasteiger partial charge in [0, 0.05) is 23.9 Å². The predicted molar refractivity (Wildman–Crippen MR) is 76.9 cm³/mol. The lowest BCUT2D eigenvalue weighted by molar-refractivity contribution is -0.116. The van der Waals surface area contributed by atoms with Crippen LogP contribution < -0.4 is 5.32 Å². The minimum Gasteiger partial charge on any atom is -0.393 e. The van der Waals surface area contributed by atoms with Crippen molar-refractivity contribution in [3.8, 4) is 0 Å². The number of hydrogen-bond acceptors (Lipinski definition) is 4. The van der Waals surface area contributed by atoms with Crippen LogP contribution in [-0.4, -0.2) is 28.6 Å². The van der Waals surface area contributed by atoms with Crippen molar-refractivity contribution < 1.29 is 9.90 Å². The Morgan fingerprint density at radius 1 is 1.58 bits per heavy atom. The Labute approximate surface area is 117 Å². The standard InChI is InChI=1S/C14H20N2O2S/c1-10-16-12(9-19-10)6-7-14(18)15-8-11-4-2-3-5-13(11)17/h6-7,9,11,13,17H,2-5,8H2,1H3,(H,15,18). The Kier molecular flexibility index (Phi) is 5.10. The minimum absolute atomic E-state index is 0.122. The van der Waals surface area contributed by atoms with Gasteiger partial charge in [-0.25, -0.2) is 4.98 Å². The summed E-state index contributed by atoms with van der Waals surface area (Å²) in [5, 5.41) is 15.6. The third-order valence-corrected chi connectivity index (χ3v) is 4.24. The van der Waals surface area contributed by atoms with Gasteiger partial charge in [-0.1, -0.05) is 12.8 Å². The van der Waals surface area contributed by atoms with Gasteiger partial charge < -0.3 is 10.4 Å². The second kappa shape index (κ2) is 6.82. The van der Waals surface area contributed by atoms with E-state index in [0.717, 1.165) is 36.4 Å². The molecule has 1 amide bonds. The Morgan fingerprint density at radius 3 is 3.05 bits per heavy atom. The number of aromatic nitrogens is 1. The Morgan fingerprint density at radius 2 is 2.37 bits per heavy atom. The summed E-state index contributed by atoms with van der Waals surface area (Å²) in [6, 6.07) is 0. The normalized spacial score (nSPS) is 23.7. The first-order valence-electron chi connectivity index (χ1n) is 6.71. The second-order valence-corrected chi connectivity index (χ2v) is 6.04. The van der Waals surface area contributed by atoms with Crippen LogP contribution in [0, 0.1) is 12.8 Å². The van der Waals surface area contributed by atoms with Gasteiger partial charge in [0.2, 0.25) is 5.91 Å². The molecule has 4 nitrogen and oxygen atoms in total. The van der Waals surface area contributed by atoms with Gasteiger partial charge in [0.1, 0.15) is 0 Å². The van der Waals surface area contributed by atoms with Crippen molar-refractivity contribution >= 4 is 23.3 Å². The van der Waals surface area contributed by atoms with E-state index in [9.17, 15) is 9.90 Å². The molecule has 2 unspecified atom stereocenters. The molecule has 1 aliphatic carbocycles. The summed E-state index contributed by atoms with van der Waals surface area (Å²) in [7, 11) is 0. The zero-order valence-corrected chi connectivity index (χ0v) is 11.9. The van der Waals surface area contributed by atoms with E-state index in [0.29, 0.717) is 6.54 Å². The smallest absolute Gasteiger partial charge is 0.244 e. The molecule has 2 N–H and O–H groups in total. The Bertz CT molecular complexity index is 456. The van der Waals surface area contributed by atoms with Crippen LogP contribution in [0.2, 0.25) is 0 Å². The van der Waals surface area contributed by atoms with Gasteiger partial charge in [-0.2, -0.15) is 0 Å². The largest absolute Gasteiger partial charge is 0.393 e. The van der Waals surface area contributed by atoms with Gasteiger partial charge in [-0.15, -0.1) is 11.3 Å². The van der Waals surface area contributed by atoms with Crippen LogP contribution in [0.1, 0.15) is 36.4 Å². The third kappa shape index (κ3) is 4.44. The molecule has 1 heterocycles. The van der Waals surface area contributed by atoms with Crippen molar-refractivity contribution in [2.75, 3.05) is 6.54 Å². The molecule has 0 radical (unpaired) electrons. The first-order chi connectivity index (χ1) is 9.15. The lowest BCUT2D eigenvalue weighted by atomic mass is 9.86. The fourth-order valence-electron chi connectivity index (χ4n) is 2.33. The summed E-state index contributed by atoms with van der Waals surface area (Å²) >= 11 is 1.57. The summed E-state index contributed by atoms with van der Waals surface area (Å²) in [4.78, 5) is 15.9. The molecule has 5 heteroatoms. The molecule has 0 aliphatic heterocycles. The van der Waals surface area contributed by atoms with E-state index in [1.165, 1.54) is 6.08 Å². The number of nitrogens with one attached hydrogen (secondary N) is 1. The summed E-state index contributed by atoms with van der Waals surface area (Å²) in [5.74, 6) is 0.0797. The highest BCUT2D eigenvalue weighted by Gasteiger charge is 2.22. The van der Waals surface area contributed by atoms with Crippen LogP contribution in [0.3, 0.4) is 0 Å². The number of carbonyl (C=O) groups excluding carboxylic acids is 1. The van der Waals surface area contributed by atoms with E-state index in [1.54, 1.807) is 17.4 Å². The van der Waals surface area contributed by atoms with Crippen LogP contribution >= 0.6 is 11.3 Å². The third-order valence-electron chi connectivity index (χ3n) is 3.45. The molecule has 1 aliphatic rings. The van der Waals surface area contributed by atoms with Crippen molar-refractivity contribution in [3.05, 3.63) is 22.2 Å². The molecule has 19 heavy (non-hydrogen) atoms. The number of rotatable bonds is 4. The van der Waals surface area contributed by atoms with Crippen molar-refractivity contribution in [2.45, 2.75) is 38.7 Å². The Hall–Kier alpha value is -1.20. The number of aliphatic hydroxyl groups excluding tert-OH is 1. The first kappa shape index (κ1) is 14.2. The van der Waals surface area contributed by atoms with E-state index in [1.807, 2.05) is 12.3 Å². The fraction of sp³-hybridized carbons (Fsp3) is 0.571. The minimum atomic E-state index is -0.265. The summed E-state index contributed by atoms with van der Waals surface area (Å²) in [6.07, 6.45) is 7.05. The lowest BCUT2D eigenvalue weighted by Gasteiger charge is -2.27. The maximum atomic E-state index is 11.7. The number of thiazole rings is 1. The van der Waals surface area contributed by atoms with Crippen LogP contribution in [0.5, 0.6) is 0 Å². The number of amides is 1. The summed E-state index contributed by atoms with van der Waals surface area (Å²) in [5.41, 5.74) is 0.815. The van der Waals surface area contributed by atoms with Gasteiger partial charge in [-0.05, 0) is 25.8 Å². The van der Waals surface area contributed by atoms with Crippen molar-refractivity contribution in [3.63, 3.8) is 0 Å². The molecular weight excluding hydrogens is 260 g/mol. The maximum Gasteiger partial charge on any atom is 0.244 e. The zero-order valence-electron chi connectivity index (χ0n) is 11.1. The highest BCUT2D eigenvalue weighted by molar-refractivity contribution is 7.09. The average Bonchev–Trinajstić information content (AvgIpc) is 2.81. The van der Waals surface area contributed by atoms with Crippen LogP contribution in [0.4, 0.5) is 0 Å². The highest BCUT2D eigenvalue weighted by Crippen LogP contribution is 2.23. The maximum absolute atomic E-state index is 11.7. The van der Waals surface area contributed by atoms with E-state index in [-0.39, 0.29) is 17.9 Å². The molecule has 104 valence electrons. The molecule has 1 aromatic rings. The van der Waals surface area contributed by atoms with Crippen molar-refractivity contribution in [1.29, 1.82) is 0 Å². The molecule has 0 aromatic carbocycles. The van der Waals surface area contributed by atoms with Gasteiger partial charge in [-0.3, -0.25) is 4.79 Å². The van der Waals surface area contributed by atoms with E-state index >= 15 is 0 Å². The molecule has 0 spiro atoms. The SMILES string of the molecule is Cc1nc(C=CC(=O)NCC2CCCCC2O)cs1. The number of aryl methyl sites for hydroxylation is 1. The number of aliphatic hydroxyl groups is 1. The number of nitrogens with zero attached hydrogens (tertiary/aromatic N) is 1. The van der Waals surface area contributed by atoms with Crippen molar-refractivity contribution in [2.24, 2.45) is 5.92 Å². The van der Waals surface area contributed by atoms with Crippen LogP contribution in [0.25, 0.3) is 6.08 Å². The molecular formula is C14H20N2O2S. The molecule has 1 fully saturated rings. The highest BCUT2D eigenvalue weighted by atomic mass is 32.1. The molecule has 0 bridgehead atoms. The summed E-state index contributed by atoms with van der Waals surface area (Å²) < 4.78 is 0. The monoisotopic (exact) mass is 280 g/mol. The second-order valence-electron chi connectivity index (χ2n) is 4.98. The number of hydrogen-bond donors (Lipinski definition) is 2. The van der Waals surface area contributed by atoms with Crippen LogP contribution in [0.15, 0.2) is 11.5 Å². The molecule has 0 saturated heterocycles. The lowest BCUT2D eigenvalue weighted by Crippen LogP contribution is -2.36. The van der Waals surface area contributed by atoms with E-state index in [4.69, 9.17) is 0 Å². The average molecular weight is 280 g/mol. The van der Waals surface area contributed by atoms with Crippen molar-refractivity contribution in [1.82, 2.24) is 10.3 Å². The topological polar surface area (TPSA) is 62.2 Å². The van der Waals surface area contributed by atoms with E-state index in [2.05, 4.69) is 10.3 Å². The zero-order chi connectivity index (χ0) is 13.7. The van der Waals surface area contributed by atoms with Gasteiger partial charge in [0.15, 0.2) is 0 Å². The first-order valence-corrected chi connectivity index (χ1v) is 7.59. The molecule has 1 aromatic heterocycles. The van der Waals surface area contributed by atoms with Gasteiger partial charge in [0.25, 0.3) is 0 Å². The van der Waals surface area contributed by atoms with E-state index < -0.39 is 0 Å². The molecule has 1 saturated carbocycles. The Balaban J connectivity index is 1.76. The number of carbonyl (C=O) groups is 1. The summed E-state index contributed by atoms with van der Waals surface area (Å²) in [6.45, 7) is 2.49. The van der Waals surface area contributed by atoms with Gasteiger partial charge >= 0.3 is 0 Å². The molecule has 2 atom stereocenters. The van der Waals surface area contributed by atoms with Gasteiger partial charge in [0.05, 0.1) is 16.8 Å². The van der Waals surface area contributed by atoms with Crippen LogP contribution in [-0.2, 0) is 4.79 Å². The predicted octanol–water partition coefficient (Wildman–Crippen LogP) is 2.13.